The molecule has 0 atom stereocenters. The van der Waals surface area contributed by atoms with E-state index in [-0.39, 0.29) is 17.4 Å². The van der Waals surface area contributed by atoms with E-state index in [9.17, 15) is 9.59 Å². The predicted octanol–water partition coefficient (Wildman–Crippen LogP) is 2.14. The number of carbonyl (C=O) groups excluding carboxylic acids is 2. The lowest BCUT2D eigenvalue weighted by molar-refractivity contribution is -0.125. The lowest BCUT2D eigenvalue weighted by Gasteiger charge is -2.41. The van der Waals surface area contributed by atoms with Crippen LogP contribution in [0, 0.1) is 5.92 Å². The lowest BCUT2D eigenvalue weighted by Crippen LogP contribution is -2.48. The summed E-state index contributed by atoms with van der Waals surface area (Å²) < 4.78 is 0. The molecule has 1 aliphatic carbocycles. The largest absolute Gasteiger partial charge is 0.341 e. The third kappa shape index (κ3) is 3.65. The number of carbonyl (C=O) groups is 2. The molecule has 0 radical (unpaired) electrons. The Morgan fingerprint density at radius 2 is 1.82 bits per heavy atom. The summed E-state index contributed by atoms with van der Waals surface area (Å²) in [5.41, 5.74) is 1.22. The smallest absolute Gasteiger partial charge is 0.321 e. The number of nitrogens with one attached hydrogen (secondary N) is 3. The van der Waals surface area contributed by atoms with Gasteiger partial charge in [-0.1, -0.05) is 37.3 Å². The number of urea groups is 1. The lowest BCUT2D eigenvalue weighted by atomic mass is 9.72. The second-order valence-electron chi connectivity index (χ2n) is 5.82. The Hall–Kier alpha value is -1.88. The fourth-order valence-electron chi connectivity index (χ4n) is 3.31. The minimum atomic E-state index is -0.434. The van der Waals surface area contributed by atoms with Gasteiger partial charge in [0, 0.05) is 18.5 Å². The van der Waals surface area contributed by atoms with Crippen molar-refractivity contribution in [1.82, 2.24) is 16.0 Å². The predicted molar refractivity (Wildman–Crippen MR) is 86.4 cm³/mol. The van der Waals surface area contributed by atoms with Gasteiger partial charge < -0.3 is 10.6 Å². The highest BCUT2D eigenvalue weighted by molar-refractivity contribution is 5.95. The molecule has 3 N–H and O–H groups in total. The molecule has 0 bridgehead atoms. The fourth-order valence-corrected chi connectivity index (χ4v) is 3.31. The van der Waals surface area contributed by atoms with Crippen LogP contribution in [0.25, 0.3) is 0 Å². The molecule has 0 saturated heterocycles. The molecule has 120 valence electrons. The Kier molecular flexibility index (Phi) is 5.55. The van der Waals surface area contributed by atoms with Gasteiger partial charge in [0.2, 0.25) is 5.91 Å². The number of amides is 3. The molecule has 0 unspecified atom stereocenters. The minimum Gasteiger partial charge on any atom is -0.341 e. The molecule has 1 aromatic rings. The van der Waals surface area contributed by atoms with E-state index in [2.05, 4.69) is 47.1 Å². The second kappa shape index (κ2) is 7.40. The van der Waals surface area contributed by atoms with Gasteiger partial charge in [-0.25, -0.2) is 4.79 Å². The van der Waals surface area contributed by atoms with Crippen LogP contribution in [0.15, 0.2) is 30.3 Å². The molecule has 1 fully saturated rings. The standard InChI is InChI=1S/C17H25N3O2/c1-3-19-17(14-7-5-4-6-8-14)11-9-13(10-12-17)15(21)20-16(22)18-2/h4-8,13,19H,3,9-12H2,1-2H3,(H2,18,20,21,22). The third-order valence-electron chi connectivity index (χ3n) is 4.52. The van der Waals surface area contributed by atoms with Crippen molar-refractivity contribution in [3.05, 3.63) is 35.9 Å². The zero-order valence-corrected chi connectivity index (χ0v) is 13.3. The van der Waals surface area contributed by atoms with Crippen LogP contribution in [-0.2, 0) is 10.3 Å². The van der Waals surface area contributed by atoms with Gasteiger partial charge in [0.25, 0.3) is 0 Å². The molecular formula is C17H25N3O2. The summed E-state index contributed by atoms with van der Waals surface area (Å²) in [6.07, 6.45) is 3.36. The number of hydrogen-bond acceptors (Lipinski definition) is 3. The number of hydrogen-bond donors (Lipinski definition) is 3. The van der Waals surface area contributed by atoms with E-state index in [1.54, 1.807) is 0 Å². The summed E-state index contributed by atoms with van der Waals surface area (Å²) in [6, 6.07) is 9.99. The number of imide groups is 1. The van der Waals surface area contributed by atoms with Gasteiger partial charge in [-0.3, -0.25) is 10.1 Å². The molecule has 1 aliphatic rings. The maximum absolute atomic E-state index is 12.1. The highest BCUT2D eigenvalue weighted by Gasteiger charge is 2.38. The monoisotopic (exact) mass is 303 g/mol. The van der Waals surface area contributed by atoms with Gasteiger partial charge in [-0.15, -0.1) is 0 Å². The molecule has 1 saturated carbocycles. The summed E-state index contributed by atoms with van der Waals surface area (Å²) in [7, 11) is 1.51. The highest BCUT2D eigenvalue weighted by Crippen LogP contribution is 2.39. The van der Waals surface area contributed by atoms with Crippen LogP contribution in [0.3, 0.4) is 0 Å². The van der Waals surface area contributed by atoms with Crippen LogP contribution in [0.5, 0.6) is 0 Å². The van der Waals surface area contributed by atoms with E-state index in [0.717, 1.165) is 32.2 Å². The van der Waals surface area contributed by atoms with Gasteiger partial charge in [0.15, 0.2) is 0 Å². The topological polar surface area (TPSA) is 70.2 Å². The minimum absolute atomic E-state index is 0.0557. The van der Waals surface area contributed by atoms with Crippen molar-refractivity contribution >= 4 is 11.9 Å². The van der Waals surface area contributed by atoms with E-state index in [0.29, 0.717) is 0 Å². The normalized spacial score (nSPS) is 24.5. The molecule has 22 heavy (non-hydrogen) atoms. The summed E-state index contributed by atoms with van der Waals surface area (Å²) in [4.78, 5) is 23.3. The van der Waals surface area contributed by atoms with Gasteiger partial charge in [0.1, 0.15) is 0 Å². The Bertz CT molecular complexity index is 508. The Morgan fingerprint density at radius 3 is 2.36 bits per heavy atom. The van der Waals surface area contributed by atoms with E-state index in [1.807, 2.05) is 6.07 Å². The maximum Gasteiger partial charge on any atom is 0.321 e. The van der Waals surface area contributed by atoms with Crippen molar-refractivity contribution in [2.24, 2.45) is 5.92 Å². The zero-order chi connectivity index (χ0) is 16.0. The van der Waals surface area contributed by atoms with Crippen LogP contribution < -0.4 is 16.0 Å². The van der Waals surface area contributed by atoms with Gasteiger partial charge in [-0.05, 0) is 37.8 Å². The third-order valence-corrected chi connectivity index (χ3v) is 4.52. The van der Waals surface area contributed by atoms with Crippen LogP contribution in [0.2, 0.25) is 0 Å². The van der Waals surface area contributed by atoms with Crippen molar-refractivity contribution in [1.29, 1.82) is 0 Å². The van der Waals surface area contributed by atoms with Crippen molar-refractivity contribution in [3.8, 4) is 0 Å². The van der Waals surface area contributed by atoms with E-state index in [4.69, 9.17) is 0 Å². The summed E-state index contributed by atoms with van der Waals surface area (Å²) in [5.74, 6) is -0.259. The Labute approximate surface area is 131 Å². The van der Waals surface area contributed by atoms with Crippen molar-refractivity contribution < 1.29 is 9.59 Å². The molecule has 3 amide bonds. The molecule has 2 rings (SSSR count). The second-order valence-corrected chi connectivity index (χ2v) is 5.82. The molecule has 5 heteroatoms. The maximum atomic E-state index is 12.1. The van der Waals surface area contributed by atoms with E-state index in [1.165, 1.54) is 12.6 Å². The number of rotatable bonds is 4. The molecule has 0 spiro atoms. The summed E-state index contributed by atoms with van der Waals surface area (Å²) >= 11 is 0. The molecule has 0 aromatic heterocycles. The van der Waals surface area contributed by atoms with Gasteiger partial charge in [-0.2, -0.15) is 0 Å². The summed E-state index contributed by atoms with van der Waals surface area (Å²) in [6.45, 7) is 3.00. The molecule has 0 heterocycles. The van der Waals surface area contributed by atoms with Gasteiger partial charge >= 0.3 is 6.03 Å². The van der Waals surface area contributed by atoms with E-state index < -0.39 is 6.03 Å². The quantitative estimate of drug-likeness (QED) is 0.798. The Morgan fingerprint density at radius 1 is 1.18 bits per heavy atom. The molecule has 1 aromatic carbocycles. The average molecular weight is 303 g/mol. The first-order valence-corrected chi connectivity index (χ1v) is 7.94. The summed E-state index contributed by atoms with van der Waals surface area (Å²) in [5, 5.41) is 8.42. The zero-order valence-electron chi connectivity index (χ0n) is 13.3. The van der Waals surface area contributed by atoms with Crippen molar-refractivity contribution in [2.75, 3.05) is 13.6 Å². The van der Waals surface area contributed by atoms with Crippen LogP contribution in [-0.4, -0.2) is 25.5 Å². The Balaban J connectivity index is 2.04. The first-order valence-electron chi connectivity index (χ1n) is 7.94. The average Bonchev–Trinajstić information content (AvgIpc) is 2.56. The van der Waals surface area contributed by atoms with Crippen LogP contribution >= 0.6 is 0 Å². The van der Waals surface area contributed by atoms with E-state index >= 15 is 0 Å². The first-order chi connectivity index (χ1) is 10.6. The molecule has 5 nitrogen and oxygen atoms in total. The number of benzene rings is 1. The van der Waals surface area contributed by atoms with Gasteiger partial charge in [0.05, 0.1) is 0 Å². The first kappa shape index (κ1) is 16.5. The van der Waals surface area contributed by atoms with Crippen LogP contribution in [0.4, 0.5) is 4.79 Å². The fraction of sp³-hybridized carbons (Fsp3) is 0.529. The highest BCUT2D eigenvalue weighted by atomic mass is 16.2. The van der Waals surface area contributed by atoms with Crippen LogP contribution in [0.1, 0.15) is 38.2 Å². The van der Waals surface area contributed by atoms with Crippen molar-refractivity contribution in [3.63, 3.8) is 0 Å². The molecule has 0 aliphatic heterocycles. The SMILES string of the molecule is CCNC1(c2ccccc2)CCC(C(=O)NC(=O)NC)CC1. The molecular weight excluding hydrogens is 278 g/mol. The van der Waals surface area contributed by atoms with Crippen molar-refractivity contribution in [2.45, 2.75) is 38.1 Å².